The highest BCUT2D eigenvalue weighted by molar-refractivity contribution is 5.63. The first-order valence-corrected chi connectivity index (χ1v) is 6.56. The summed E-state index contributed by atoms with van der Waals surface area (Å²) in [7, 11) is 0. The van der Waals surface area contributed by atoms with Gasteiger partial charge in [-0.3, -0.25) is 4.98 Å². The van der Waals surface area contributed by atoms with Crippen LogP contribution in [0.15, 0.2) is 36.5 Å². The van der Waals surface area contributed by atoms with E-state index in [1.165, 1.54) is 5.56 Å². The second kappa shape index (κ2) is 5.67. The summed E-state index contributed by atoms with van der Waals surface area (Å²) in [6, 6.07) is 12.5. The highest BCUT2D eigenvalue weighted by Gasteiger charge is 2.05. The first kappa shape index (κ1) is 13.3. The number of aryl methyl sites for hydroxylation is 1. The van der Waals surface area contributed by atoms with Crippen molar-refractivity contribution in [3.05, 3.63) is 53.2 Å². The fourth-order valence-electron chi connectivity index (χ4n) is 2.21. The predicted molar refractivity (Wildman–Crippen MR) is 77.7 cm³/mol. The van der Waals surface area contributed by atoms with E-state index in [0.717, 1.165) is 23.2 Å². The van der Waals surface area contributed by atoms with Gasteiger partial charge in [0.15, 0.2) is 0 Å². The molecule has 2 aromatic rings. The molecule has 1 aromatic carbocycles. The number of hydrogen-bond acceptors (Lipinski definition) is 2. The van der Waals surface area contributed by atoms with Crippen molar-refractivity contribution < 1.29 is 0 Å². The Labute approximate surface area is 114 Å². The van der Waals surface area contributed by atoms with Crippen LogP contribution in [-0.4, -0.2) is 4.98 Å². The molecule has 2 rings (SSSR count). The molecule has 19 heavy (non-hydrogen) atoms. The van der Waals surface area contributed by atoms with Gasteiger partial charge in [0, 0.05) is 11.8 Å². The zero-order chi connectivity index (χ0) is 13.8. The highest BCUT2D eigenvalue weighted by atomic mass is 14.7. The lowest BCUT2D eigenvalue weighted by atomic mass is 9.99. The summed E-state index contributed by atoms with van der Waals surface area (Å²) in [5.41, 5.74) is 5.06. The molecule has 0 radical (unpaired) electrons. The fraction of sp³-hybridized carbons (Fsp3) is 0.294. The molecule has 96 valence electrons. The van der Waals surface area contributed by atoms with Crippen LogP contribution in [0.1, 0.15) is 30.5 Å². The molecule has 0 saturated heterocycles. The summed E-state index contributed by atoms with van der Waals surface area (Å²) >= 11 is 0. The minimum Gasteiger partial charge on any atom is -0.255 e. The van der Waals surface area contributed by atoms with Crippen LogP contribution in [0, 0.1) is 24.2 Å². The number of nitriles is 1. The van der Waals surface area contributed by atoms with E-state index in [4.69, 9.17) is 5.26 Å². The Kier molecular flexibility index (Phi) is 3.97. The van der Waals surface area contributed by atoms with Gasteiger partial charge in [0.05, 0.1) is 11.3 Å². The van der Waals surface area contributed by atoms with E-state index in [2.05, 4.69) is 49.2 Å². The smallest absolute Gasteiger partial charge is 0.101 e. The van der Waals surface area contributed by atoms with Crippen molar-refractivity contribution in [3.8, 4) is 17.3 Å². The van der Waals surface area contributed by atoms with Gasteiger partial charge in [-0.05, 0) is 36.5 Å². The Bertz CT molecular complexity index is 604. The SMILES string of the molecule is Cc1cc(C#N)cnc1-c1ccc(CC(C)C)cc1. The Hall–Kier alpha value is -2.14. The van der Waals surface area contributed by atoms with Crippen LogP contribution in [0.2, 0.25) is 0 Å². The van der Waals surface area contributed by atoms with Crippen molar-refractivity contribution >= 4 is 0 Å². The van der Waals surface area contributed by atoms with E-state index >= 15 is 0 Å². The van der Waals surface area contributed by atoms with Crippen LogP contribution in [0.4, 0.5) is 0 Å². The molecule has 0 aliphatic rings. The maximum atomic E-state index is 8.85. The van der Waals surface area contributed by atoms with Crippen molar-refractivity contribution in [3.63, 3.8) is 0 Å². The van der Waals surface area contributed by atoms with Crippen LogP contribution in [0.3, 0.4) is 0 Å². The second-order valence-electron chi connectivity index (χ2n) is 5.30. The Morgan fingerprint density at radius 2 is 1.89 bits per heavy atom. The lowest BCUT2D eigenvalue weighted by Crippen LogP contribution is -1.94. The number of nitrogens with zero attached hydrogens (tertiary/aromatic N) is 2. The maximum Gasteiger partial charge on any atom is 0.101 e. The van der Waals surface area contributed by atoms with Crippen LogP contribution in [-0.2, 0) is 6.42 Å². The molecule has 0 saturated carbocycles. The topological polar surface area (TPSA) is 36.7 Å². The molecule has 0 spiro atoms. The molecule has 0 N–H and O–H groups in total. The van der Waals surface area contributed by atoms with Gasteiger partial charge in [0.1, 0.15) is 6.07 Å². The summed E-state index contributed by atoms with van der Waals surface area (Å²) in [5.74, 6) is 0.667. The largest absolute Gasteiger partial charge is 0.255 e. The summed E-state index contributed by atoms with van der Waals surface area (Å²) in [5, 5.41) is 8.85. The highest BCUT2D eigenvalue weighted by Crippen LogP contribution is 2.22. The summed E-state index contributed by atoms with van der Waals surface area (Å²) < 4.78 is 0. The van der Waals surface area contributed by atoms with Crippen molar-refractivity contribution in [2.75, 3.05) is 0 Å². The van der Waals surface area contributed by atoms with E-state index < -0.39 is 0 Å². The zero-order valence-corrected chi connectivity index (χ0v) is 11.6. The standard InChI is InChI=1S/C17H18N2/c1-12(2)8-14-4-6-16(7-5-14)17-13(3)9-15(10-18)11-19-17/h4-7,9,11-12H,8H2,1-3H3. The van der Waals surface area contributed by atoms with E-state index in [1.807, 2.05) is 13.0 Å². The predicted octanol–water partition coefficient (Wildman–Crippen LogP) is 4.13. The summed E-state index contributed by atoms with van der Waals surface area (Å²) in [6.07, 6.45) is 2.73. The lowest BCUT2D eigenvalue weighted by Gasteiger charge is -2.08. The van der Waals surface area contributed by atoms with Gasteiger partial charge in [-0.2, -0.15) is 5.26 Å². The molecule has 1 aromatic heterocycles. The van der Waals surface area contributed by atoms with Crippen molar-refractivity contribution in [2.24, 2.45) is 5.92 Å². The maximum absolute atomic E-state index is 8.85. The lowest BCUT2D eigenvalue weighted by molar-refractivity contribution is 0.647. The number of hydrogen-bond donors (Lipinski definition) is 0. The monoisotopic (exact) mass is 250 g/mol. The molecule has 0 amide bonds. The Balaban J connectivity index is 2.30. The van der Waals surface area contributed by atoms with Gasteiger partial charge >= 0.3 is 0 Å². The van der Waals surface area contributed by atoms with Crippen molar-refractivity contribution in [2.45, 2.75) is 27.2 Å². The normalized spacial score (nSPS) is 10.5. The van der Waals surface area contributed by atoms with Crippen molar-refractivity contribution in [1.82, 2.24) is 4.98 Å². The zero-order valence-electron chi connectivity index (χ0n) is 11.6. The first-order valence-electron chi connectivity index (χ1n) is 6.56. The molecule has 2 heteroatoms. The average molecular weight is 250 g/mol. The molecule has 0 aliphatic carbocycles. The van der Waals surface area contributed by atoms with E-state index in [0.29, 0.717) is 11.5 Å². The third-order valence-corrected chi connectivity index (χ3v) is 3.08. The molecular weight excluding hydrogens is 232 g/mol. The molecule has 0 atom stereocenters. The van der Waals surface area contributed by atoms with Crippen LogP contribution < -0.4 is 0 Å². The minimum atomic E-state index is 0.609. The van der Waals surface area contributed by atoms with Crippen LogP contribution >= 0.6 is 0 Å². The molecule has 0 bridgehead atoms. The number of aromatic nitrogens is 1. The third kappa shape index (κ3) is 3.20. The van der Waals surface area contributed by atoms with E-state index in [1.54, 1.807) is 6.20 Å². The third-order valence-electron chi connectivity index (χ3n) is 3.08. The van der Waals surface area contributed by atoms with Gasteiger partial charge in [0.2, 0.25) is 0 Å². The van der Waals surface area contributed by atoms with E-state index in [9.17, 15) is 0 Å². The molecule has 1 heterocycles. The Morgan fingerprint density at radius 1 is 1.21 bits per heavy atom. The van der Waals surface area contributed by atoms with Crippen LogP contribution in [0.25, 0.3) is 11.3 Å². The quantitative estimate of drug-likeness (QED) is 0.821. The molecule has 0 aliphatic heterocycles. The summed E-state index contributed by atoms with van der Waals surface area (Å²) in [6.45, 7) is 6.44. The molecular formula is C17H18N2. The molecule has 0 unspecified atom stereocenters. The van der Waals surface area contributed by atoms with Crippen molar-refractivity contribution in [1.29, 1.82) is 5.26 Å². The number of benzene rings is 1. The number of rotatable bonds is 3. The Morgan fingerprint density at radius 3 is 2.42 bits per heavy atom. The summed E-state index contributed by atoms with van der Waals surface area (Å²) in [4.78, 5) is 4.39. The van der Waals surface area contributed by atoms with Gasteiger partial charge in [-0.1, -0.05) is 38.1 Å². The van der Waals surface area contributed by atoms with Crippen LogP contribution in [0.5, 0.6) is 0 Å². The molecule has 2 nitrogen and oxygen atoms in total. The van der Waals surface area contributed by atoms with Gasteiger partial charge in [0.25, 0.3) is 0 Å². The van der Waals surface area contributed by atoms with E-state index in [-0.39, 0.29) is 0 Å². The van der Waals surface area contributed by atoms with Gasteiger partial charge < -0.3 is 0 Å². The molecule has 0 fully saturated rings. The second-order valence-corrected chi connectivity index (χ2v) is 5.30. The van der Waals surface area contributed by atoms with Gasteiger partial charge in [-0.25, -0.2) is 0 Å². The number of pyridine rings is 1. The average Bonchev–Trinajstić information content (AvgIpc) is 2.39. The van der Waals surface area contributed by atoms with Gasteiger partial charge in [-0.15, -0.1) is 0 Å². The minimum absolute atomic E-state index is 0.609. The first-order chi connectivity index (χ1) is 9.10. The fourth-order valence-corrected chi connectivity index (χ4v) is 2.21.